The Morgan fingerprint density at radius 3 is 1.97 bits per heavy atom. The maximum Gasteiger partial charge on any atom is 0.0991 e. The summed E-state index contributed by atoms with van der Waals surface area (Å²) in [7, 11) is 0. The van der Waals surface area contributed by atoms with Crippen molar-refractivity contribution in [3.63, 3.8) is 0 Å². The molecule has 5 aromatic carbocycles. The lowest BCUT2D eigenvalue weighted by atomic mass is 10.0. The van der Waals surface area contributed by atoms with Crippen LogP contribution in [0.5, 0.6) is 0 Å². The van der Waals surface area contributed by atoms with E-state index in [1.807, 2.05) is 41.7 Å². The molecule has 0 fully saturated rings. The molecule has 32 heavy (non-hydrogen) atoms. The van der Waals surface area contributed by atoms with Gasteiger partial charge in [0.2, 0.25) is 0 Å². The third-order valence-corrected chi connectivity index (χ3v) is 7.09. The third kappa shape index (κ3) is 2.93. The Labute approximate surface area is 190 Å². The molecular weight excluding hydrogens is 408 g/mol. The highest BCUT2D eigenvalue weighted by Crippen LogP contribution is 2.45. The van der Waals surface area contributed by atoms with Gasteiger partial charge in [-0.1, -0.05) is 60.7 Å². The number of benzene rings is 5. The molecule has 0 aliphatic carbocycles. The van der Waals surface area contributed by atoms with E-state index in [1.54, 1.807) is 0 Å². The Morgan fingerprint density at radius 1 is 0.594 bits per heavy atom. The fourth-order valence-corrected chi connectivity index (χ4v) is 5.62. The van der Waals surface area contributed by atoms with E-state index in [9.17, 15) is 5.26 Å². The lowest BCUT2D eigenvalue weighted by Gasteiger charge is -2.27. The second-order valence-corrected chi connectivity index (χ2v) is 8.80. The summed E-state index contributed by atoms with van der Waals surface area (Å²) in [6, 6.07) is 40.0. The molecule has 0 saturated heterocycles. The van der Waals surface area contributed by atoms with E-state index in [-0.39, 0.29) is 0 Å². The van der Waals surface area contributed by atoms with E-state index < -0.39 is 0 Å². The second-order valence-electron chi connectivity index (χ2n) is 7.75. The molecule has 0 aliphatic rings. The lowest BCUT2D eigenvalue weighted by molar-refractivity contribution is 1.30. The number of nitrogens with zero attached hydrogens (tertiary/aromatic N) is 2. The Bertz CT molecular complexity index is 1620. The van der Waals surface area contributed by atoms with Gasteiger partial charge in [0, 0.05) is 42.3 Å². The number of anilines is 3. The first-order valence-corrected chi connectivity index (χ1v) is 11.3. The molecule has 0 aliphatic heterocycles. The van der Waals surface area contributed by atoms with Crippen LogP contribution in [0.2, 0.25) is 0 Å². The quantitative estimate of drug-likeness (QED) is 0.283. The average Bonchev–Trinajstić information content (AvgIpc) is 3.24. The summed E-state index contributed by atoms with van der Waals surface area (Å²) in [5, 5.41) is 14.3. The molecule has 0 N–H and O–H groups in total. The van der Waals surface area contributed by atoms with Crippen molar-refractivity contribution in [1.29, 1.82) is 5.26 Å². The highest BCUT2D eigenvalue weighted by atomic mass is 32.1. The van der Waals surface area contributed by atoms with Crippen LogP contribution in [0.15, 0.2) is 109 Å². The van der Waals surface area contributed by atoms with Gasteiger partial charge in [-0.3, -0.25) is 0 Å². The second kappa shape index (κ2) is 7.53. The van der Waals surface area contributed by atoms with Crippen molar-refractivity contribution in [2.24, 2.45) is 0 Å². The highest BCUT2D eigenvalue weighted by molar-refractivity contribution is 7.26. The average molecular weight is 427 g/mol. The predicted octanol–water partition coefficient (Wildman–Crippen LogP) is 8.55. The SMILES string of the molecule is N#Cc1ccc(N(c2ccccc2)c2cc3c4ccccc4sc3c3ccccc23)cc1. The summed E-state index contributed by atoms with van der Waals surface area (Å²) in [6.45, 7) is 0. The molecule has 0 saturated carbocycles. The molecule has 0 spiro atoms. The molecule has 1 heterocycles. The summed E-state index contributed by atoms with van der Waals surface area (Å²) in [4.78, 5) is 2.29. The van der Waals surface area contributed by atoms with Crippen molar-refractivity contribution in [2.75, 3.05) is 4.90 Å². The number of hydrogen-bond donors (Lipinski definition) is 0. The number of nitriles is 1. The van der Waals surface area contributed by atoms with Crippen molar-refractivity contribution in [1.82, 2.24) is 0 Å². The molecule has 0 unspecified atom stereocenters. The summed E-state index contributed by atoms with van der Waals surface area (Å²) < 4.78 is 2.62. The molecule has 6 aromatic rings. The van der Waals surface area contributed by atoms with Crippen molar-refractivity contribution in [2.45, 2.75) is 0 Å². The minimum Gasteiger partial charge on any atom is -0.310 e. The minimum atomic E-state index is 0.658. The molecule has 3 heteroatoms. The van der Waals surface area contributed by atoms with Crippen LogP contribution >= 0.6 is 11.3 Å². The van der Waals surface area contributed by atoms with Gasteiger partial charge in [-0.2, -0.15) is 5.26 Å². The van der Waals surface area contributed by atoms with Crippen LogP contribution < -0.4 is 4.90 Å². The Balaban J connectivity index is 1.72. The molecule has 1 aromatic heterocycles. The van der Waals surface area contributed by atoms with Crippen molar-refractivity contribution in [3.05, 3.63) is 115 Å². The maximum absolute atomic E-state index is 9.28. The standard InChI is InChI=1S/C29H18N2S/c30-19-20-14-16-22(17-15-20)31(21-8-2-1-3-9-21)27-18-26-24-11-6-7-13-28(24)32-29(26)25-12-5-4-10-23(25)27/h1-18H. The molecule has 0 amide bonds. The van der Waals surface area contributed by atoms with Gasteiger partial charge in [0.15, 0.2) is 0 Å². The fourth-order valence-electron chi connectivity index (χ4n) is 4.40. The van der Waals surface area contributed by atoms with Crippen molar-refractivity contribution in [3.8, 4) is 6.07 Å². The van der Waals surface area contributed by atoms with E-state index in [0.717, 1.165) is 17.1 Å². The summed E-state index contributed by atoms with van der Waals surface area (Å²) in [6.07, 6.45) is 0. The van der Waals surface area contributed by atoms with Gasteiger partial charge >= 0.3 is 0 Å². The Kier molecular flexibility index (Phi) is 4.38. The molecular formula is C29H18N2S. The predicted molar refractivity (Wildman–Crippen MR) is 136 cm³/mol. The van der Waals surface area contributed by atoms with Crippen LogP contribution in [0, 0.1) is 11.3 Å². The molecule has 0 bridgehead atoms. The van der Waals surface area contributed by atoms with E-state index in [2.05, 4.69) is 89.8 Å². The molecule has 150 valence electrons. The van der Waals surface area contributed by atoms with Crippen LogP contribution in [-0.2, 0) is 0 Å². The first kappa shape index (κ1) is 18.6. The van der Waals surface area contributed by atoms with Gasteiger partial charge in [-0.25, -0.2) is 0 Å². The highest BCUT2D eigenvalue weighted by Gasteiger charge is 2.18. The zero-order chi connectivity index (χ0) is 21.5. The molecule has 0 atom stereocenters. The zero-order valence-corrected chi connectivity index (χ0v) is 18.0. The summed E-state index contributed by atoms with van der Waals surface area (Å²) >= 11 is 1.85. The van der Waals surface area contributed by atoms with Gasteiger partial charge in [-0.05, 0) is 48.5 Å². The van der Waals surface area contributed by atoms with Crippen LogP contribution in [-0.4, -0.2) is 0 Å². The van der Waals surface area contributed by atoms with E-state index >= 15 is 0 Å². The largest absolute Gasteiger partial charge is 0.310 e. The summed E-state index contributed by atoms with van der Waals surface area (Å²) in [5.74, 6) is 0. The van der Waals surface area contributed by atoms with Gasteiger partial charge in [0.1, 0.15) is 0 Å². The van der Waals surface area contributed by atoms with Gasteiger partial charge in [0.05, 0.1) is 17.3 Å². The number of hydrogen-bond acceptors (Lipinski definition) is 3. The van der Waals surface area contributed by atoms with Gasteiger partial charge < -0.3 is 4.90 Å². The van der Waals surface area contributed by atoms with Gasteiger partial charge in [0.25, 0.3) is 0 Å². The lowest BCUT2D eigenvalue weighted by Crippen LogP contribution is -2.10. The third-order valence-electron chi connectivity index (χ3n) is 5.87. The molecule has 2 nitrogen and oxygen atoms in total. The van der Waals surface area contributed by atoms with Crippen molar-refractivity contribution < 1.29 is 0 Å². The Hall–Kier alpha value is -4.13. The van der Waals surface area contributed by atoms with Crippen LogP contribution in [0.25, 0.3) is 30.9 Å². The van der Waals surface area contributed by atoms with E-state index in [1.165, 1.54) is 30.9 Å². The molecule has 0 radical (unpaired) electrons. The number of thiophene rings is 1. The topological polar surface area (TPSA) is 27.0 Å². The zero-order valence-electron chi connectivity index (χ0n) is 17.2. The van der Waals surface area contributed by atoms with Crippen LogP contribution in [0.3, 0.4) is 0 Å². The normalized spacial score (nSPS) is 11.1. The summed E-state index contributed by atoms with van der Waals surface area (Å²) in [5.41, 5.74) is 3.90. The first-order chi connectivity index (χ1) is 15.8. The van der Waals surface area contributed by atoms with Crippen molar-refractivity contribution >= 4 is 59.3 Å². The smallest absolute Gasteiger partial charge is 0.0991 e. The first-order valence-electron chi connectivity index (χ1n) is 10.5. The number of para-hydroxylation sites is 1. The fraction of sp³-hybridized carbons (Fsp3) is 0. The Morgan fingerprint density at radius 2 is 1.22 bits per heavy atom. The van der Waals surface area contributed by atoms with E-state index in [4.69, 9.17) is 0 Å². The van der Waals surface area contributed by atoms with E-state index in [0.29, 0.717) is 5.56 Å². The van der Waals surface area contributed by atoms with Crippen LogP contribution in [0.4, 0.5) is 17.1 Å². The minimum absolute atomic E-state index is 0.658. The maximum atomic E-state index is 9.28. The number of rotatable bonds is 3. The van der Waals surface area contributed by atoms with Gasteiger partial charge in [-0.15, -0.1) is 11.3 Å². The molecule has 6 rings (SSSR count). The number of fused-ring (bicyclic) bond motifs is 5. The van der Waals surface area contributed by atoms with Crippen LogP contribution in [0.1, 0.15) is 5.56 Å². The monoisotopic (exact) mass is 426 g/mol.